The van der Waals surface area contributed by atoms with E-state index in [9.17, 15) is 9.90 Å². The number of hydrogen-bond donors (Lipinski definition) is 1. The van der Waals surface area contributed by atoms with E-state index in [1.54, 1.807) is 0 Å². The fourth-order valence-electron chi connectivity index (χ4n) is 2.50. The number of benzene rings is 1. The fraction of sp³-hybridized carbons (Fsp3) is 0.533. The second-order valence-electron chi connectivity index (χ2n) is 5.60. The Balaban J connectivity index is 2.29. The summed E-state index contributed by atoms with van der Waals surface area (Å²) in [5.41, 5.74) is 3.00. The lowest BCUT2D eigenvalue weighted by Gasteiger charge is -2.25. The minimum absolute atomic E-state index is 0.361. The molecule has 1 N–H and O–H groups in total. The third-order valence-corrected chi connectivity index (χ3v) is 4.03. The average molecular weight is 232 g/mol. The Hall–Kier alpha value is -1.31. The molecule has 1 aromatic carbocycles. The number of hydrogen-bond acceptors (Lipinski definition) is 1. The number of carbonyl (C=O) groups is 1. The van der Waals surface area contributed by atoms with Crippen molar-refractivity contribution in [3.63, 3.8) is 0 Å². The minimum Gasteiger partial charge on any atom is -0.481 e. The van der Waals surface area contributed by atoms with E-state index in [0.29, 0.717) is 12.3 Å². The van der Waals surface area contributed by atoms with Crippen molar-refractivity contribution in [3.05, 3.63) is 34.9 Å². The molecule has 1 aromatic rings. The molecule has 1 fully saturated rings. The zero-order valence-corrected chi connectivity index (χ0v) is 10.8. The van der Waals surface area contributed by atoms with Crippen LogP contribution in [0.4, 0.5) is 0 Å². The van der Waals surface area contributed by atoms with Gasteiger partial charge < -0.3 is 5.11 Å². The highest BCUT2D eigenvalue weighted by molar-refractivity contribution is 5.75. The first-order valence-electron chi connectivity index (χ1n) is 6.23. The minimum atomic E-state index is -0.652. The van der Waals surface area contributed by atoms with Crippen LogP contribution in [0.15, 0.2) is 18.2 Å². The normalized spacial score (nSPS) is 18.8. The van der Waals surface area contributed by atoms with Gasteiger partial charge in [0.2, 0.25) is 0 Å². The predicted molar refractivity (Wildman–Crippen MR) is 68.1 cm³/mol. The molecule has 1 unspecified atom stereocenters. The molecule has 0 bridgehead atoms. The molecule has 17 heavy (non-hydrogen) atoms. The highest BCUT2D eigenvalue weighted by atomic mass is 16.4. The van der Waals surface area contributed by atoms with E-state index in [-0.39, 0.29) is 0 Å². The summed E-state index contributed by atoms with van der Waals surface area (Å²) >= 11 is 0. The van der Waals surface area contributed by atoms with Gasteiger partial charge in [0.25, 0.3) is 0 Å². The van der Waals surface area contributed by atoms with E-state index in [1.807, 2.05) is 6.92 Å². The van der Waals surface area contributed by atoms with Crippen LogP contribution in [0.2, 0.25) is 0 Å². The maximum atomic E-state index is 11.5. The Morgan fingerprint density at radius 3 is 2.59 bits per heavy atom. The van der Waals surface area contributed by atoms with E-state index in [1.165, 1.54) is 16.7 Å². The molecule has 2 heteroatoms. The second-order valence-corrected chi connectivity index (χ2v) is 5.60. The number of carboxylic acids is 1. The first-order valence-corrected chi connectivity index (χ1v) is 6.23. The second kappa shape index (κ2) is 4.17. The summed E-state index contributed by atoms with van der Waals surface area (Å²) in [6, 6.07) is 6.28. The van der Waals surface area contributed by atoms with Crippen LogP contribution < -0.4 is 0 Å². The van der Waals surface area contributed by atoms with Crippen molar-refractivity contribution < 1.29 is 9.90 Å². The lowest BCUT2D eigenvalue weighted by atomic mass is 9.78. The van der Waals surface area contributed by atoms with Crippen molar-refractivity contribution in [2.45, 2.75) is 40.0 Å². The van der Waals surface area contributed by atoms with E-state index in [2.05, 4.69) is 32.0 Å². The van der Waals surface area contributed by atoms with Gasteiger partial charge in [0.1, 0.15) is 0 Å². The van der Waals surface area contributed by atoms with Crippen LogP contribution >= 0.6 is 0 Å². The van der Waals surface area contributed by atoms with Crippen LogP contribution in [-0.4, -0.2) is 11.1 Å². The number of rotatable bonds is 4. The van der Waals surface area contributed by atoms with Gasteiger partial charge >= 0.3 is 5.97 Å². The Morgan fingerprint density at radius 2 is 2.06 bits per heavy atom. The van der Waals surface area contributed by atoms with E-state index >= 15 is 0 Å². The first-order chi connectivity index (χ1) is 7.93. The van der Waals surface area contributed by atoms with Crippen molar-refractivity contribution in [1.29, 1.82) is 0 Å². The lowest BCUT2D eigenvalue weighted by molar-refractivity contribution is -0.149. The molecule has 0 aliphatic heterocycles. The average Bonchev–Trinajstić information content (AvgIpc) is 3.06. The predicted octanol–water partition coefficient (Wildman–Crippen LogP) is 3.35. The van der Waals surface area contributed by atoms with Gasteiger partial charge in [0, 0.05) is 0 Å². The third kappa shape index (κ3) is 2.36. The maximum absolute atomic E-state index is 11.5. The van der Waals surface area contributed by atoms with Gasteiger partial charge in [0.05, 0.1) is 5.41 Å². The molecule has 0 aromatic heterocycles. The van der Waals surface area contributed by atoms with Crippen LogP contribution in [0.3, 0.4) is 0 Å². The number of carboxylic acid groups (broad SMARTS) is 1. The molecule has 0 spiro atoms. The van der Waals surface area contributed by atoms with Gasteiger partial charge in [-0.25, -0.2) is 0 Å². The Labute approximate surface area is 103 Å². The molecule has 0 radical (unpaired) electrons. The maximum Gasteiger partial charge on any atom is 0.309 e. The highest BCUT2D eigenvalue weighted by Crippen LogP contribution is 2.47. The zero-order valence-electron chi connectivity index (χ0n) is 10.8. The molecule has 0 saturated heterocycles. The number of aryl methyl sites for hydroxylation is 2. The van der Waals surface area contributed by atoms with Gasteiger partial charge in [0.15, 0.2) is 0 Å². The fourth-order valence-corrected chi connectivity index (χ4v) is 2.50. The molecule has 1 atom stereocenters. The highest BCUT2D eigenvalue weighted by Gasteiger charge is 2.47. The van der Waals surface area contributed by atoms with Gasteiger partial charge in [-0.1, -0.05) is 23.8 Å². The summed E-state index contributed by atoms with van der Waals surface area (Å²) in [5, 5.41) is 9.46. The molecular weight excluding hydrogens is 212 g/mol. The van der Waals surface area contributed by atoms with Crippen LogP contribution in [-0.2, 0) is 11.2 Å². The first kappa shape index (κ1) is 12.2. The summed E-state index contributed by atoms with van der Waals surface area (Å²) in [6.45, 7) is 6.01. The molecule has 0 amide bonds. The van der Waals surface area contributed by atoms with Crippen LogP contribution in [0.5, 0.6) is 0 Å². The zero-order chi connectivity index (χ0) is 12.6. The molecule has 2 rings (SSSR count). The molecular formula is C15H20O2. The van der Waals surface area contributed by atoms with Gasteiger partial charge in [-0.2, -0.15) is 0 Å². The van der Waals surface area contributed by atoms with Crippen molar-refractivity contribution in [2.24, 2.45) is 11.3 Å². The standard InChI is InChI=1S/C15H20O2/c1-10-4-5-11(2)12(8-10)9-15(3,14(16)17)13-6-7-13/h4-5,8,13H,6-7,9H2,1-3H3,(H,16,17). The monoisotopic (exact) mass is 232 g/mol. The third-order valence-electron chi connectivity index (χ3n) is 4.03. The van der Waals surface area contributed by atoms with E-state index < -0.39 is 11.4 Å². The van der Waals surface area contributed by atoms with Crippen molar-refractivity contribution in [3.8, 4) is 0 Å². The molecule has 1 aliphatic carbocycles. The van der Waals surface area contributed by atoms with Crippen LogP contribution in [0, 0.1) is 25.2 Å². The van der Waals surface area contributed by atoms with Crippen LogP contribution in [0.25, 0.3) is 0 Å². The van der Waals surface area contributed by atoms with Gasteiger partial charge in [-0.15, -0.1) is 0 Å². The van der Waals surface area contributed by atoms with Crippen molar-refractivity contribution >= 4 is 5.97 Å². The summed E-state index contributed by atoms with van der Waals surface area (Å²) < 4.78 is 0. The van der Waals surface area contributed by atoms with E-state index in [4.69, 9.17) is 0 Å². The molecule has 1 saturated carbocycles. The SMILES string of the molecule is Cc1ccc(C)c(CC(C)(C(=O)O)C2CC2)c1. The Morgan fingerprint density at radius 1 is 1.41 bits per heavy atom. The molecule has 2 nitrogen and oxygen atoms in total. The summed E-state index contributed by atoms with van der Waals surface area (Å²) in [7, 11) is 0. The lowest BCUT2D eigenvalue weighted by Crippen LogP contribution is -2.32. The topological polar surface area (TPSA) is 37.3 Å². The van der Waals surface area contributed by atoms with Gasteiger partial charge in [-0.05, 0) is 57.1 Å². The molecule has 92 valence electrons. The Kier molecular flexibility index (Phi) is 2.98. The molecule has 0 heterocycles. The van der Waals surface area contributed by atoms with Crippen molar-refractivity contribution in [1.82, 2.24) is 0 Å². The Bertz CT molecular complexity index is 446. The summed E-state index contributed by atoms with van der Waals surface area (Å²) in [4.78, 5) is 11.5. The van der Waals surface area contributed by atoms with Crippen molar-refractivity contribution in [2.75, 3.05) is 0 Å². The summed E-state index contributed by atoms with van der Waals surface area (Å²) in [5.74, 6) is -0.291. The van der Waals surface area contributed by atoms with E-state index in [0.717, 1.165) is 12.8 Å². The largest absolute Gasteiger partial charge is 0.481 e. The van der Waals surface area contributed by atoms with Gasteiger partial charge in [-0.3, -0.25) is 4.79 Å². The smallest absolute Gasteiger partial charge is 0.309 e. The number of aliphatic carboxylic acids is 1. The summed E-state index contributed by atoms with van der Waals surface area (Å²) in [6.07, 6.45) is 2.78. The van der Waals surface area contributed by atoms with Crippen LogP contribution in [0.1, 0.15) is 36.5 Å². The molecule has 1 aliphatic rings. The quantitative estimate of drug-likeness (QED) is 0.864.